The summed E-state index contributed by atoms with van der Waals surface area (Å²) in [6.45, 7) is 2.57. The Kier molecular flexibility index (Phi) is 5.18. The van der Waals surface area contributed by atoms with Crippen LogP contribution in [0.2, 0.25) is 0 Å². The third kappa shape index (κ3) is 3.31. The lowest BCUT2D eigenvalue weighted by Gasteiger charge is -2.42. The first-order valence-electron chi connectivity index (χ1n) is 8.67. The number of rotatable bonds is 4. The molecule has 1 aromatic heterocycles. The van der Waals surface area contributed by atoms with Crippen LogP contribution in [0.1, 0.15) is 36.3 Å². The van der Waals surface area contributed by atoms with Crippen LogP contribution in [-0.2, 0) is 16.6 Å². The van der Waals surface area contributed by atoms with Crippen LogP contribution in [0, 0.1) is 5.92 Å². The average Bonchev–Trinajstić information content (AvgIpc) is 2.94. The molecule has 3 heterocycles. The number of ether oxygens (including phenoxy) is 1. The van der Waals surface area contributed by atoms with Crippen LogP contribution in [0.15, 0.2) is 12.4 Å². The average molecular weight is 334 g/mol. The number of methoxy groups -OCH3 is 1. The molecule has 0 unspecified atom stereocenters. The zero-order valence-corrected chi connectivity index (χ0v) is 14.5. The van der Waals surface area contributed by atoms with Crippen molar-refractivity contribution in [2.45, 2.75) is 31.7 Å². The zero-order valence-electron chi connectivity index (χ0n) is 14.5. The van der Waals surface area contributed by atoms with Crippen LogP contribution < -0.4 is 0 Å². The van der Waals surface area contributed by atoms with Crippen molar-refractivity contribution in [3.8, 4) is 0 Å². The summed E-state index contributed by atoms with van der Waals surface area (Å²) >= 11 is 0. The van der Waals surface area contributed by atoms with E-state index in [0.29, 0.717) is 44.4 Å². The number of fused-ring (bicyclic) bond motifs is 1. The molecule has 0 saturated carbocycles. The summed E-state index contributed by atoms with van der Waals surface area (Å²) < 4.78 is 6.93. The fourth-order valence-electron chi connectivity index (χ4n) is 3.94. The number of nitrogens with zero attached hydrogens (tertiary/aromatic N) is 4. The molecule has 3 rings (SSSR count). The van der Waals surface area contributed by atoms with Gasteiger partial charge in [0, 0.05) is 58.6 Å². The standard InChI is InChI=1S/C17H26N4O3/c1-19-9-7-18-16(19)17(23)20-8-6-14-13(12-20)4-3-5-15(22)21(14)10-11-24-2/h7,9,13-14H,3-6,8,10-12H2,1-2H3/t13-,14+/m0/s1. The van der Waals surface area contributed by atoms with E-state index in [-0.39, 0.29) is 17.9 Å². The molecule has 2 fully saturated rings. The predicted molar refractivity (Wildman–Crippen MR) is 88.4 cm³/mol. The van der Waals surface area contributed by atoms with Crippen LogP contribution in [0.25, 0.3) is 0 Å². The molecule has 0 aliphatic carbocycles. The Labute approximate surface area is 142 Å². The number of hydrogen-bond acceptors (Lipinski definition) is 4. The van der Waals surface area contributed by atoms with Gasteiger partial charge in [0.15, 0.2) is 5.82 Å². The summed E-state index contributed by atoms with van der Waals surface area (Å²) in [5.41, 5.74) is 0. The number of carbonyl (C=O) groups is 2. The highest BCUT2D eigenvalue weighted by Crippen LogP contribution is 2.30. The predicted octanol–water partition coefficient (Wildman–Crippen LogP) is 0.910. The highest BCUT2D eigenvalue weighted by atomic mass is 16.5. The summed E-state index contributed by atoms with van der Waals surface area (Å²) in [6, 6.07) is 0.223. The molecule has 0 bridgehead atoms. The Bertz CT molecular complexity index is 600. The zero-order chi connectivity index (χ0) is 17.1. The molecule has 2 saturated heterocycles. The van der Waals surface area contributed by atoms with E-state index in [1.807, 2.05) is 16.8 Å². The summed E-state index contributed by atoms with van der Waals surface area (Å²) in [4.78, 5) is 33.2. The molecular weight excluding hydrogens is 308 g/mol. The number of aromatic nitrogens is 2. The summed E-state index contributed by atoms with van der Waals surface area (Å²) in [5.74, 6) is 1.03. The van der Waals surface area contributed by atoms with Crippen molar-refractivity contribution < 1.29 is 14.3 Å². The number of hydrogen-bond donors (Lipinski definition) is 0. The molecule has 0 aromatic carbocycles. The molecule has 7 nitrogen and oxygen atoms in total. The van der Waals surface area contributed by atoms with E-state index in [4.69, 9.17) is 4.74 Å². The SMILES string of the molecule is COCCN1C(=O)CCC[C@H]2CN(C(=O)c3nccn3C)CC[C@H]21. The van der Waals surface area contributed by atoms with Gasteiger partial charge in [-0.15, -0.1) is 0 Å². The second-order valence-corrected chi connectivity index (χ2v) is 6.70. The quantitative estimate of drug-likeness (QED) is 0.821. The second-order valence-electron chi connectivity index (χ2n) is 6.70. The van der Waals surface area contributed by atoms with Crippen LogP contribution in [-0.4, -0.2) is 70.6 Å². The molecule has 0 spiro atoms. The van der Waals surface area contributed by atoms with E-state index in [1.54, 1.807) is 24.1 Å². The molecule has 1 aromatic rings. The van der Waals surface area contributed by atoms with Gasteiger partial charge in [0.25, 0.3) is 5.91 Å². The van der Waals surface area contributed by atoms with Gasteiger partial charge in [-0.25, -0.2) is 4.98 Å². The molecule has 24 heavy (non-hydrogen) atoms. The van der Waals surface area contributed by atoms with Gasteiger partial charge in [0.05, 0.1) is 6.61 Å². The molecule has 2 atom stereocenters. The lowest BCUT2D eigenvalue weighted by atomic mass is 9.88. The third-order valence-corrected chi connectivity index (χ3v) is 5.22. The first-order chi connectivity index (χ1) is 11.6. The lowest BCUT2D eigenvalue weighted by Crippen LogP contribution is -2.53. The monoisotopic (exact) mass is 334 g/mol. The molecular formula is C17H26N4O3. The van der Waals surface area contributed by atoms with Gasteiger partial charge in [-0.2, -0.15) is 0 Å². The summed E-state index contributed by atoms with van der Waals surface area (Å²) in [6.07, 6.45) is 6.76. The number of piperidine rings is 1. The van der Waals surface area contributed by atoms with Crippen LogP contribution in [0.4, 0.5) is 0 Å². The van der Waals surface area contributed by atoms with Crippen molar-refractivity contribution >= 4 is 11.8 Å². The van der Waals surface area contributed by atoms with E-state index in [9.17, 15) is 9.59 Å². The van der Waals surface area contributed by atoms with Crippen molar-refractivity contribution in [3.05, 3.63) is 18.2 Å². The van der Waals surface area contributed by atoms with Crippen molar-refractivity contribution in [2.24, 2.45) is 13.0 Å². The maximum absolute atomic E-state index is 12.7. The molecule has 2 aliphatic heterocycles. The topological polar surface area (TPSA) is 67.7 Å². The van der Waals surface area contributed by atoms with Crippen molar-refractivity contribution in [2.75, 3.05) is 33.4 Å². The maximum Gasteiger partial charge on any atom is 0.289 e. The minimum absolute atomic E-state index is 0.0139. The van der Waals surface area contributed by atoms with Gasteiger partial charge < -0.3 is 19.1 Å². The molecule has 132 valence electrons. The van der Waals surface area contributed by atoms with Crippen molar-refractivity contribution in [1.82, 2.24) is 19.4 Å². The first kappa shape index (κ1) is 17.0. The lowest BCUT2D eigenvalue weighted by molar-refractivity contribution is -0.135. The molecule has 0 N–H and O–H groups in total. The van der Waals surface area contributed by atoms with Gasteiger partial charge in [-0.3, -0.25) is 9.59 Å². The number of amides is 2. The molecule has 2 amide bonds. The van der Waals surface area contributed by atoms with Gasteiger partial charge >= 0.3 is 0 Å². The second kappa shape index (κ2) is 7.34. The summed E-state index contributed by atoms with van der Waals surface area (Å²) in [5, 5.41) is 0. The van der Waals surface area contributed by atoms with E-state index >= 15 is 0 Å². The van der Waals surface area contributed by atoms with Crippen LogP contribution >= 0.6 is 0 Å². The van der Waals surface area contributed by atoms with Gasteiger partial charge in [-0.1, -0.05) is 0 Å². The number of likely N-dealkylation sites (tertiary alicyclic amines) is 2. The van der Waals surface area contributed by atoms with Crippen molar-refractivity contribution in [3.63, 3.8) is 0 Å². The highest BCUT2D eigenvalue weighted by molar-refractivity contribution is 5.91. The Morgan fingerprint density at radius 1 is 1.42 bits per heavy atom. The fraction of sp³-hybridized carbons (Fsp3) is 0.706. The largest absolute Gasteiger partial charge is 0.383 e. The van der Waals surface area contributed by atoms with Gasteiger partial charge in [0.2, 0.25) is 5.91 Å². The van der Waals surface area contributed by atoms with E-state index in [2.05, 4.69) is 4.98 Å². The van der Waals surface area contributed by atoms with Gasteiger partial charge in [-0.05, 0) is 25.2 Å². The molecule has 7 heteroatoms. The summed E-state index contributed by atoms with van der Waals surface area (Å²) in [7, 11) is 3.50. The number of carbonyl (C=O) groups excluding carboxylic acids is 2. The Hall–Kier alpha value is -1.89. The van der Waals surface area contributed by atoms with Crippen molar-refractivity contribution in [1.29, 1.82) is 0 Å². The Balaban J connectivity index is 1.72. The van der Waals surface area contributed by atoms with E-state index in [1.165, 1.54) is 0 Å². The van der Waals surface area contributed by atoms with Gasteiger partial charge in [0.1, 0.15) is 0 Å². The van der Waals surface area contributed by atoms with Crippen LogP contribution in [0.5, 0.6) is 0 Å². The Morgan fingerprint density at radius 2 is 2.25 bits per heavy atom. The maximum atomic E-state index is 12.7. The normalized spacial score (nSPS) is 24.7. The third-order valence-electron chi connectivity index (χ3n) is 5.22. The Morgan fingerprint density at radius 3 is 2.96 bits per heavy atom. The first-order valence-corrected chi connectivity index (χ1v) is 8.67. The van der Waals surface area contributed by atoms with E-state index in [0.717, 1.165) is 19.3 Å². The number of aryl methyl sites for hydroxylation is 1. The fourth-order valence-corrected chi connectivity index (χ4v) is 3.94. The minimum atomic E-state index is -0.0139. The van der Waals surface area contributed by atoms with E-state index < -0.39 is 0 Å². The van der Waals surface area contributed by atoms with Crippen LogP contribution in [0.3, 0.4) is 0 Å². The molecule has 0 radical (unpaired) electrons. The highest BCUT2D eigenvalue weighted by Gasteiger charge is 2.39. The minimum Gasteiger partial charge on any atom is -0.383 e. The number of imidazole rings is 1. The smallest absolute Gasteiger partial charge is 0.289 e. The molecule has 2 aliphatic rings.